The van der Waals surface area contributed by atoms with Gasteiger partial charge >= 0.3 is 0 Å². The lowest BCUT2D eigenvalue weighted by atomic mass is 10.4. The summed E-state index contributed by atoms with van der Waals surface area (Å²) < 4.78 is 6.74. The van der Waals surface area contributed by atoms with Crippen molar-refractivity contribution in [2.24, 2.45) is 0 Å². The Hall–Kier alpha value is -2.02. The highest BCUT2D eigenvalue weighted by molar-refractivity contribution is 5.52. The average Bonchev–Trinajstić information content (AvgIpc) is 2.59. The molecule has 0 saturated carbocycles. The molecule has 0 amide bonds. The Kier molecular flexibility index (Phi) is 1.64. The van der Waals surface area contributed by atoms with Gasteiger partial charge in [-0.05, 0) is 6.07 Å². The Balaban J connectivity index is 2.73. The summed E-state index contributed by atoms with van der Waals surface area (Å²) in [6.45, 7) is 6.89. The van der Waals surface area contributed by atoms with Gasteiger partial charge in [0, 0.05) is 6.07 Å². The van der Waals surface area contributed by atoms with Crippen molar-refractivity contribution >= 4 is 11.5 Å². The summed E-state index contributed by atoms with van der Waals surface area (Å²) in [6, 6.07) is 3.63. The first kappa shape index (κ1) is 7.62. The van der Waals surface area contributed by atoms with Crippen LogP contribution in [0.5, 0.6) is 5.75 Å². The number of methoxy groups -OCH3 is 1. The maximum atomic E-state index is 6.89. The van der Waals surface area contributed by atoms with Crippen LogP contribution in [0.4, 0.5) is 5.82 Å². The fourth-order valence-corrected chi connectivity index (χ4v) is 1.15. The topological polar surface area (TPSA) is 30.9 Å². The van der Waals surface area contributed by atoms with Gasteiger partial charge in [-0.2, -0.15) is 0 Å². The highest BCUT2D eigenvalue weighted by Crippen LogP contribution is 2.18. The molecule has 13 heavy (non-hydrogen) atoms. The second kappa shape index (κ2) is 2.79. The van der Waals surface area contributed by atoms with E-state index in [1.54, 1.807) is 23.9 Å². The van der Waals surface area contributed by atoms with Crippen LogP contribution in [0.1, 0.15) is 0 Å². The Labute approximate surface area is 75.2 Å². The minimum absolute atomic E-state index is 0.494. The van der Waals surface area contributed by atoms with Gasteiger partial charge in [-0.3, -0.25) is 0 Å². The van der Waals surface area contributed by atoms with Gasteiger partial charge in [-0.25, -0.2) is 9.38 Å². The van der Waals surface area contributed by atoms with E-state index in [1.807, 2.05) is 12.1 Å². The molecule has 2 aromatic rings. The van der Waals surface area contributed by atoms with Crippen LogP contribution in [0.15, 0.2) is 24.5 Å². The molecule has 0 aliphatic carbocycles. The maximum Gasteiger partial charge on any atom is 0.254 e. The van der Waals surface area contributed by atoms with Gasteiger partial charge in [0.25, 0.3) is 5.82 Å². The Morgan fingerprint density at radius 1 is 1.54 bits per heavy atom. The summed E-state index contributed by atoms with van der Waals surface area (Å²) in [5.41, 5.74) is 0.756. The third-order valence-electron chi connectivity index (χ3n) is 1.81. The first-order chi connectivity index (χ1) is 6.35. The molecule has 64 valence electrons. The number of aromatic nitrogens is 2. The molecular formula is C9H7N3O. The standard InChI is InChI=1S/C9H7N3O/c1-10-9-5-11-8-4-3-7(13-2)6-12(8)9/h3-6H,2H3. The first-order valence-corrected chi connectivity index (χ1v) is 3.73. The lowest BCUT2D eigenvalue weighted by Crippen LogP contribution is -1.87. The van der Waals surface area contributed by atoms with E-state index in [0.29, 0.717) is 5.82 Å². The molecule has 2 rings (SSSR count). The number of hydrogen-bond donors (Lipinski definition) is 0. The number of rotatable bonds is 1. The van der Waals surface area contributed by atoms with E-state index in [1.165, 1.54) is 0 Å². The SMILES string of the molecule is [C-]#[N+]c1cnc2ccc(OC)cn12. The maximum absolute atomic E-state index is 6.89. The van der Waals surface area contributed by atoms with Crippen LogP contribution in [0.2, 0.25) is 0 Å². The zero-order valence-corrected chi connectivity index (χ0v) is 7.06. The summed E-state index contributed by atoms with van der Waals surface area (Å²) in [6.07, 6.45) is 3.29. The van der Waals surface area contributed by atoms with Gasteiger partial charge in [0.15, 0.2) is 5.75 Å². The van der Waals surface area contributed by atoms with E-state index in [0.717, 1.165) is 11.4 Å². The molecule has 2 heterocycles. The normalized spacial score (nSPS) is 9.85. The number of fused-ring (bicyclic) bond motifs is 1. The van der Waals surface area contributed by atoms with Crippen molar-refractivity contribution in [2.45, 2.75) is 0 Å². The molecule has 0 atom stereocenters. The largest absolute Gasteiger partial charge is 0.493 e. The van der Waals surface area contributed by atoms with Crippen molar-refractivity contribution in [3.05, 3.63) is 35.9 Å². The van der Waals surface area contributed by atoms with Crippen LogP contribution >= 0.6 is 0 Å². The molecule has 0 aliphatic heterocycles. The molecule has 0 saturated heterocycles. The quantitative estimate of drug-likeness (QED) is 0.616. The van der Waals surface area contributed by atoms with E-state index >= 15 is 0 Å². The van der Waals surface area contributed by atoms with E-state index in [9.17, 15) is 0 Å². The highest BCUT2D eigenvalue weighted by Gasteiger charge is 2.04. The van der Waals surface area contributed by atoms with Crippen LogP contribution in [0.25, 0.3) is 10.5 Å². The molecule has 0 bridgehead atoms. The summed E-state index contributed by atoms with van der Waals surface area (Å²) in [5, 5.41) is 0. The van der Waals surface area contributed by atoms with E-state index in [-0.39, 0.29) is 0 Å². The molecule has 0 radical (unpaired) electrons. The lowest BCUT2D eigenvalue weighted by Gasteiger charge is -1.97. The number of nitrogens with zero attached hydrogens (tertiary/aromatic N) is 3. The first-order valence-electron chi connectivity index (χ1n) is 3.73. The second-order valence-corrected chi connectivity index (χ2v) is 2.53. The predicted molar refractivity (Wildman–Crippen MR) is 48.0 cm³/mol. The fraction of sp³-hybridized carbons (Fsp3) is 0.111. The minimum Gasteiger partial charge on any atom is -0.493 e. The molecule has 0 aromatic carbocycles. The van der Waals surface area contributed by atoms with Crippen molar-refractivity contribution in [3.63, 3.8) is 0 Å². The molecule has 0 N–H and O–H groups in total. The fourth-order valence-electron chi connectivity index (χ4n) is 1.15. The molecule has 0 aliphatic rings. The third kappa shape index (κ3) is 1.11. The summed E-state index contributed by atoms with van der Waals surface area (Å²) in [4.78, 5) is 7.39. The van der Waals surface area contributed by atoms with Crippen LogP contribution in [0, 0.1) is 6.57 Å². The lowest BCUT2D eigenvalue weighted by molar-refractivity contribution is 0.412. The van der Waals surface area contributed by atoms with E-state index in [2.05, 4.69) is 9.83 Å². The molecule has 4 heteroatoms. The van der Waals surface area contributed by atoms with E-state index in [4.69, 9.17) is 11.3 Å². The summed E-state index contributed by atoms with van der Waals surface area (Å²) in [5.74, 6) is 1.21. The smallest absolute Gasteiger partial charge is 0.254 e. The molecule has 4 nitrogen and oxygen atoms in total. The molecule has 0 unspecified atom stereocenters. The van der Waals surface area contributed by atoms with Crippen LogP contribution in [0.3, 0.4) is 0 Å². The van der Waals surface area contributed by atoms with Gasteiger partial charge in [-0.15, -0.1) is 0 Å². The van der Waals surface area contributed by atoms with Gasteiger partial charge in [-0.1, -0.05) is 6.57 Å². The number of hydrogen-bond acceptors (Lipinski definition) is 2. The highest BCUT2D eigenvalue weighted by atomic mass is 16.5. The zero-order valence-electron chi connectivity index (χ0n) is 7.06. The van der Waals surface area contributed by atoms with Crippen molar-refractivity contribution in [1.29, 1.82) is 0 Å². The minimum atomic E-state index is 0.494. The number of ether oxygens (including phenoxy) is 1. The van der Waals surface area contributed by atoms with Gasteiger partial charge in [0.05, 0.1) is 13.3 Å². The second-order valence-electron chi connectivity index (χ2n) is 2.53. The monoisotopic (exact) mass is 173 g/mol. The van der Waals surface area contributed by atoms with Crippen LogP contribution in [-0.2, 0) is 0 Å². The van der Waals surface area contributed by atoms with Crippen molar-refractivity contribution in [2.75, 3.05) is 7.11 Å². The summed E-state index contributed by atoms with van der Waals surface area (Å²) in [7, 11) is 1.59. The Morgan fingerprint density at radius 2 is 2.38 bits per heavy atom. The molecule has 2 aromatic heterocycles. The average molecular weight is 173 g/mol. The molecular weight excluding hydrogens is 166 g/mol. The molecule has 0 spiro atoms. The third-order valence-corrected chi connectivity index (χ3v) is 1.81. The van der Waals surface area contributed by atoms with Gasteiger partial charge in [0.2, 0.25) is 5.65 Å². The Bertz CT molecular complexity index is 481. The van der Waals surface area contributed by atoms with E-state index < -0.39 is 0 Å². The van der Waals surface area contributed by atoms with Crippen LogP contribution in [-0.4, -0.2) is 16.5 Å². The van der Waals surface area contributed by atoms with Crippen LogP contribution < -0.4 is 4.74 Å². The number of pyridine rings is 1. The van der Waals surface area contributed by atoms with Gasteiger partial charge in [0.1, 0.15) is 6.20 Å². The van der Waals surface area contributed by atoms with Gasteiger partial charge < -0.3 is 9.58 Å². The Morgan fingerprint density at radius 3 is 3.08 bits per heavy atom. The molecule has 0 fully saturated rings. The number of imidazole rings is 1. The zero-order chi connectivity index (χ0) is 9.26. The van der Waals surface area contributed by atoms with Crippen molar-refractivity contribution in [3.8, 4) is 5.75 Å². The predicted octanol–water partition coefficient (Wildman–Crippen LogP) is 1.89. The van der Waals surface area contributed by atoms with Crippen molar-refractivity contribution < 1.29 is 4.74 Å². The van der Waals surface area contributed by atoms with Crippen molar-refractivity contribution in [1.82, 2.24) is 9.38 Å². The summed E-state index contributed by atoms with van der Waals surface area (Å²) >= 11 is 0.